The third kappa shape index (κ3) is 5.18. The van der Waals surface area contributed by atoms with E-state index < -0.39 is 6.10 Å². The number of benzene rings is 1. The number of rotatable bonds is 6. The Hall–Kier alpha value is -2.16. The lowest BCUT2D eigenvalue weighted by molar-refractivity contribution is 0.0403. The predicted molar refractivity (Wildman–Crippen MR) is 128 cm³/mol. The lowest BCUT2D eigenvalue weighted by Crippen LogP contribution is -2.52. The van der Waals surface area contributed by atoms with E-state index >= 15 is 0 Å². The topological polar surface area (TPSA) is 79.7 Å². The second-order valence-corrected chi connectivity index (χ2v) is 9.30. The molecule has 2 aliphatic rings. The predicted octanol–water partition coefficient (Wildman–Crippen LogP) is 3.48. The van der Waals surface area contributed by atoms with E-state index in [-0.39, 0.29) is 6.04 Å². The van der Waals surface area contributed by atoms with Gasteiger partial charge in [0.2, 0.25) is 0 Å². The van der Waals surface area contributed by atoms with E-state index in [2.05, 4.69) is 20.2 Å². The van der Waals surface area contributed by atoms with Crippen molar-refractivity contribution in [1.82, 2.24) is 20.2 Å². The average molecular weight is 489 g/mol. The minimum absolute atomic E-state index is 0.0143. The number of nitrogens with zero attached hydrogens (tertiary/aromatic N) is 3. The smallest absolute Gasteiger partial charge is 0.179 e. The van der Waals surface area contributed by atoms with Gasteiger partial charge in [-0.25, -0.2) is 0 Å². The number of piperidine rings is 1. The number of aliphatic hydroxyl groups is 1. The molecule has 0 bridgehead atoms. The van der Waals surface area contributed by atoms with Gasteiger partial charge in [-0.3, -0.25) is 9.97 Å². The second-order valence-electron chi connectivity index (χ2n) is 8.46. The quantitative estimate of drug-likeness (QED) is 0.549. The highest BCUT2D eigenvalue weighted by Gasteiger charge is 2.27. The van der Waals surface area contributed by atoms with Crippen molar-refractivity contribution < 1.29 is 14.6 Å². The van der Waals surface area contributed by atoms with Crippen LogP contribution >= 0.6 is 23.2 Å². The molecule has 0 unspecified atom stereocenters. The number of hydrogen-bond acceptors (Lipinski definition) is 7. The second kappa shape index (κ2) is 9.99. The fraction of sp³-hybridized carbons (Fsp3) is 0.417. The molecule has 1 aromatic carbocycles. The lowest BCUT2D eigenvalue weighted by Gasteiger charge is -2.36. The van der Waals surface area contributed by atoms with Crippen molar-refractivity contribution in [2.45, 2.75) is 31.5 Å². The molecule has 0 saturated carbocycles. The van der Waals surface area contributed by atoms with Crippen LogP contribution in [0.15, 0.2) is 36.7 Å². The van der Waals surface area contributed by atoms with E-state index in [0.29, 0.717) is 42.1 Å². The highest BCUT2D eigenvalue weighted by atomic mass is 35.5. The van der Waals surface area contributed by atoms with Crippen molar-refractivity contribution in [3.63, 3.8) is 0 Å². The summed E-state index contributed by atoms with van der Waals surface area (Å²) in [4.78, 5) is 11.1. The summed E-state index contributed by atoms with van der Waals surface area (Å²) in [6.07, 6.45) is 4.55. The maximum Gasteiger partial charge on any atom is 0.179 e. The zero-order valence-electron chi connectivity index (χ0n) is 18.1. The van der Waals surface area contributed by atoms with Gasteiger partial charge in [0.1, 0.15) is 13.2 Å². The monoisotopic (exact) mass is 488 g/mol. The molecule has 0 aliphatic carbocycles. The van der Waals surface area contributed by atoms with Gasteiger partial charge < -0.3 is 24.8 Å². The number of nitrogens with one attached hydrogen (secondary N) is 1. The Bertz CT molecular complexity index is 1140. The van der Waals surface area contributed by atoms with E-state index in [1.807, 2.05) is 24.3 Å². The summed E-state index contributed by atoms with van der Waals surface area (Å²) in [5.41, 5.74) is 2.80. The van der Waals surface area contributed by atoms with Crippen molar-refractivity contribution in [3.8, 4) is 11.5 Å². The summed E-state index contributed by atoms with van der Waals surface area (Å²) in [5, 5.41) is 16.5. The SMILES string of the molecule is O[C@H]1CN(CCc2c(Cl)cnc3ccc(Cl)cc23)CC[C@H]1NCc1cc2c(cn1)OCCO2. The fourth-order valence-corrected chi connectivity index (χ4v) is 4.90. The van der Waals surface area contributed by atoms with Gasteiger partial charge in [-0.1, -0.05) is 23.2 Å². The summed E-state index contributed by atoms with van der Waals surface area (Å²) in [7, 11) is 0. The van der Waals surface area contributed by atoms with Gasteiger partial charge in [0.05, 0.1) is 28.5 Å². The van der Waals surface area contributed by atoms with Crippen molar-refractivity contribution in [3.05, 3.63) is 58.0 Å². The van der Waals surface area contributed by atoms with Crippen molar-refractivity contribution in [2.75, 3.05) is 32.8 Å². The minimum Gasteiger partial charge on any atom is -0.486 e. The summed E-state index contributed by atoms with van der Waals surface area (Å²) in [6, 6.07) is 7.58. The fourth-order valence-electron chi connectivity index (χ4n) is 4.48. The van der Waals surface area contributed by atoms with Crippen molar-refractivity contribution >= 4 is 34.1 Å². The molecule has 1 saturated heterocycles. The summed E-state index contributed by atoms with van der Waals surface area (Å²) in [6.45, 7) is 3.97. The Labute approximate surface area is 202 Å². The molecule has 2 atom stereocenters. The molecule has 2 aromatic heterocycles. The van der Waals surface area contributed by atoms with Gasteiger partial charge in [-0.15, -0.1) is 0 Å². The molecule has 0 radical (unpaired) electrons. The van der Waals surface area contributed by atoms with Crippen LogP contribution in [0.3, 0.4) is 0 Å². The molecular formula is C24H26Cl2N4O3. The molecule has 2 N–H and O–H groups in total. The summed E-state index contributed by atoms with van der Waals surface area (Å²) < 4.78 is 11.1. The molecule has 0 spiro atoms. The Kier molecular flexibility index (Phi) is 6.85. The van der Waals surface area contributed by atoms with Crippen LogP contribution in [0.1, 0.15) is 17.7 Å². The number of aliphatic hydroxyl groups excluding tert-OH is 1. The van der Waals surface area contributed by atoms with E-state index in [9.17, 15) is 5.11 Å². The number of pyridine rings is 2. The number of β-amino-alcohol motifs (C(OH)–C–C–N with tert-alkyl or cyclic N) is 1. The summed E-state index contributed by atoms with van der Waals surface area (Å²) in [5.74, 6) is 1.41. The molecular weight excluding hydrogens is 463 g/mol. The largest absolute Gasteiger partial charge is 0.486 e. The van der Waals surface area contributed by atoms with Crippen LogP contribution in [0.5, 0.6) is 11.5 Å². The van der Waals surface area contributed by atoms with Crippen LogP contribution in [-0.2, 0) is 13.0 Å². The maximum absolute atomic E-state index is 10.7. The van der Waals surface area contributed by atoms with E-state index in [1.54, 1.807) is 12.4 Å². The van der Waals surface area contributed by atoms with Crippen LogP contribution in [0, 0.1) is 0 Å². The van der Waals surface area contributed by atoms with Crippen LogP contribution in [-0.4, -0.2) is 65.0 Å². The van der Waals surface area contributed by atoms with Gasteiger partial charge in [0, 0.05) is 48.3 Å². The highest BCUT2D eigenvalue weighted by Crippen LogP contribution is 2.30. The molecule has 9 heteroatoms. The van der Waals surface area contributed by atoms with Crippen LogP contribution < -0.4 is 14.8 Å². The Morgan fingerprint density at radius 2 is 1.94 bits per heavy atom. The molecule has 5 rings (SSSR count). The maximum atomic E-state index is 10.7. The molecule has 3 aromatic rings. The number of ether oxygens (including phenoxy) is 2. The number of aromatic nitrogens is 2. The molecule has 174 valence electrons. The minimum atomic E-state index is -0.463. The van der Waals surface area contributed by atoms with E-state index in [0.717, 1.165) is 53.8 Å². The van der Waals surface area contributed by atoms with Gasteiger partial charge >= 0.3 is 0 Å². The van der Waals surface area contributed by atoms with Crippen molar-refractivity contribution in [2.24, 2.45) is 0 Å². The molecule has 1 fully saturated rings. The molecule has 33 heavy (non-hydrogen) atoms. The highest BCUT2D eigenvalue weighted by molar-refractivity contribution is 6.33. The normalized spacial score (nSPS) is 20.8. The first-order chi connectivity index (χ1) is 16.1. The van der Waals surface area contributed by atoms with E-state index in [4.69, 9.17) is 32.7 Å². The van der Waals surface area contributed by atoms with Gasteiger partial charge in [0.25, 0.3) is 0 Å². The average Bonchev–Trinajstić information content (AvgIpc) is 2.82. The van der Waals surface area contributed by atoms with Gasteiger partial charge in [0.15, 0.2) is 11.5 Å². The van der Waals surface area contributed by atoms with Crippen molar-refractivity contribution in [1.29, 1.82) is 0 Å². The molecule has 7 nitrogen and oxygen atoms in total. The van der Waals surface area contributed by atoms with Crippen LogP contribution in [0.4, 0.5) is 0 Å². The Morgan fingerprint density at radius 1 is 1.09 bits per heavy atom. The number of halogens is 2. The zero-order valence-corrected chi connectivity index (χ0v) is 19.6. The molecule has 0 amide bonds. The number of likely N-dealkylation sites (tertiary alicyclic amines) is 1. The van der Waals surface area contributed by atoms with Crippen LogP contribution in [0.2, 0.25) is 10.0 Å². The first-order valence-corrected chi connectivity index (χ1v) is 11.9. The number of fused-ring (bicyclic) bond motifs is 2. The standard InChI is InChI=1S/C24H26Cl2N4O3/c25-15-1-2-20-18(9-15)17(19(26)12-29-20)3-5-30-6-4-21(22(31)14-30)28-11-16-10-23-24(13-27-16)33-8-7-32-23/h1-2,9-10,12-13,21-22,28,31H,3-8,11,14H2/t21-,22+/m1/s1. The third-order valence-electron chi connectivity index (χ3n) is 6.27. The molecule has 2 aliphatic heterocycles. The van der Waals surface area contributed by atoms with Crippen LogP contribution in [0.25, 0.3) is 10.9 Å². The lowest BCUT2D eigenvalue weighted by atomic mass is 10.0. The first-order valence-electron chi connectivity index (χ1n) is 11.2. The first kappa shape index (κ1) is 22.6. The Morgan fingerprint density at radius 3 is 2.79 bits per heavy atom. The number of hydrogen-bond donors (Lipinski definition) is 2. The van der Waals surface area contributed by atoms with E-state index in [1.165, 1.54) is 0 Å². The van der Waals surface area contributed by atoms with Gasteiger partial charge in [-0.2, -0.15) is 0 Å². The molecule has 4 heterocycles. The summed E-state index contributed by atoms with van der Waals surface area (Å²) >= 11 is 12.7. The van der Waals surface area contributed by atoms with Gasteiger partial charge in [-0.05, 0) is 43.1 Å². The Balaban J connectivity index is 1.16. The third-order valence-corrected chi connectivity index (χ3v) is 6.83. The zero-order chi connectivity index (χ0) is 22.8.